The molecule has 4 atom stereocenters. The first kappa shape index (κ1) is 17.9. The topological polar surface area (TPSA) is 69.6 Å². The van der Waals surface area contributed by atoms with Crippen LogP contribution in [0.25, 0.3) is 0 Å². The third kappa shape index (κ3) is 4.40. The third-order valence-corrected chi connectivity index (χ3v) is 5.70. The van der Waals surface area contributed by atoms with Gasteiger partial charge in [-0.1, -0.05) is 37.3 Å². The largest absolute Gasteiger partial charge is 0.481 e. The normalized spacial score (nSPS) is 28.1. The monoisotopic (exact) mass is 344 g/mol. The van der Waals surface area contributed by atoms with Gasteiger partial charge in [0.05, 0.1) is 12.0 Å². The minimum absolute atomic E-state index is 0.0989. The number of hydrogen-bond donors (Lipinski definition) is 2. The summed E-state index contributed by atoms with van der Waals surface area (Å²) in [6.45, 7) is 3.57. The average molecular weight is 344 g/mol. The van der Waals surface area contributed by atoms with Crippen molar-refractivity contribution in [2.45, 2.75) is 51.1 Å². The van der Waals surface area contributed by atoms with Crippen molar-refractivity contribution in [3.63, 3.8) is 0 Å². The molecule has 2 fully saturated rings. The molecule has 1 saturated heterocycles. The van der Waals surface area contributed by atoms with E-state index < -0.39 is 5.97 Å². The summed E-state index contributed by atoms with van der Waals surface area (Å²) in [5.41, 5.74) is 1.19. The maximum atomic E-state index is 12.0. The number of carbonyl (C=O) groups is 2. The van der Waals surface area contributed by atoms with Gasteiger partial charge >= 0.3 is 5.97 Å². The molecule has 1 saturated carbocycles. The molecule has 5 nitrogen and oxygen atoms in total. The molecule has 1 aliphatic carbocycles. The number of carboxylic acid groups (broad SMARTS) is 1. The first-order valence-corrected chi connectivity index (χ1v) is 9.36. The maximum absolute atomic E-state index is 12.0. The lowest BCUT2D eigenvalue weighted by Crippen LogP contribution is -2.44. The van der Waals surface area contributed by atoms with Gasteiger partial charge in [-0.15, -0.1) is 0 Å². The van der Waals surface area contributed by atoms with Crippen molar-refractivity contribution < 1.29 is 14.7 Å². The highest BCUT2D eigenvalue weighted by Crippen LogP contribution is 2.31. The molecule has 25 heavy (non-hydrogen) atoms. The summed E-state index contributed by atoms with van der Waals surface area (Å²) in [6, 6.07) is 10.7. The van der Waals surface area contributed by atoms with Crippen LogP contribution < -0.4 is 5.32 Å². The molecule has 136 valence electrons. The summed E-state index contributed by atoms with van der Waals surface area (Å²) in [7, 11) is 0. The molecular formula is C20H28N2O3. The standard InChI is InChI=1S/C20H28N2O3/c1-14-12-16(9-10-17(14)20(24)25)21-18(15-6-3-2-4-7-15)13-22-11-5-8-19(22)23/h2-4,6-7,14,16-18,21H,5,8-13H2,1H3,(H,24,25). The number of likely N-dealkylation sites (tertiary alicyclic amines) is 1. The van der Waals surface area contributed by atoms with Gasteiger partial charge < -0.3 is 15.3 Å². The minimum atomic E-state index is -0.673. The van der Waals surface area contributed by atoms with E-state index in [0.717, 1.165) is 32.2 Å². The molecule has 1 aliphatic heterocycles. The second-order valence-electron chi connectivity index (χ2n) is 7.51. The second kappa shape index (κ2) is 8.00. The van der Waals surface area contributed by atoms with Crippen molar-refractivity contribution in [2.75, 3.05) is 13.1 Å². The van der Waals surface area contributed by atoms with Gasteiger partial charge in [0, 0.05) is 25.6 Å². The van der Waals surface area contributed by atoms with Gasteiger partial charge in [-0.05, 0) is 37.2 Å². The molecule has 2 N–H and O–H groups in total. The summed E-state index contributed by atoms with van der Waals surface area (Å²) in [6.07, 6.45) is 4.06. The average Bonchev–Trinajstić information content (AvgIpc) is 3.00. The Hall–Kier alpha value is -1.88. The van der Waals surface area contributed by atoms with Gasteiger partial charge in [0.25, 0.3) is 0 Å². The Morgan fingerprint density at radius 1 is 1.32 bits per heavy atom. The third-order valence-electron chi connectivity index (χ3n) is 5.70. The number of nitrogens with one attached hydrogen (secondary N) is 1. The fraction of sp³-hybridized carbons (Fsp3) is 0.600. The lowest BCUT2D eigenvalue weighted by Gasteiger charge is -2.36. The first-order chi connectivity index (χ1) is 12.0. The molecule has 1 aromatic carbocycles. The summed E-state index contributed by atoms with van der Waals surface area (Å²) >= 11 is 0. The molecular weight excluding hydrogens is 316 g/mol. The molecule has 4 unspecified atom stereocenters. The Kier molecular flexibility index (Phi) is 5.74. The van der Waals surface area contributed by atoms with E-state index in [9.17, 15) is 14.7 Å². The van der Waals surface area contributed by atoms with Crippen molar-refractivity contribution in [2.24, 2.45) is 11.8 Å². The number of rotatable bonds is 6. The highest BCUT2D eigenvalue weighted by Gasteiger charge is 2.34. The number of amides is 1. The van der Waals surface area contributed by atoms with Gasteiger partial charge in [-0.25, -0.2) is 0 Å². The van der Waals surface area contributed by atoms with E-state index >= 15 is 0 Å². The molecule has 0 bridgehead atoms. The Bertz CT molecular complexity index is 604. The zero-order valence-corrected chi connectivity index (χ0v) is 14.9. The van der Waals surface area contributed by atoms with Crippen LogP contribution in [0.5, 0.6) is 0 Å². The lowest BCUT2D eigenvalue weighted by atomic mass is 9.77. The molecule has 5 heteroatoms. The number of carbonyl (C=O) groups excluding carboxylic acids is 1. The zero-order chi connectivity index (χ0) is 17.8. The molecule has 1 heterocycles. The van der Waals surface area contributed by atoms with Crippen molar-refractivity contribution in [1.82, 2.24) is 10.2 Å². The van der Waals surface area contributed by atoms with Crippen LogP contribution in [0.15, 0.2) is 30.3 Å². The molecule has 1 aromatic rings. The van der Waals surface area contributed by atoms with Crippen molar-refractivity contribution in [3.8, 4) is 0 Å². The molecule has 3 rings (SSSR count). The fourth-order valence-corrected chi connectivity index (χ4v) is 4.26. The van der Waals surface area contributed by atoms with E-state index in [-0.39, 0.29) is 23.8 Å². The molecule has 0 radical (unpaired) electrons. The van der Waals surface area contributed by atoms with Crippen LogP contribution in [-0.4, -0.2) is 41.0 Å². The van der Waals surface area contributed by atoms with Crippen LogP contribution in [-0.2, 0) is 9.59 Å². The number of benzene rings is 1. The fourth-order valence-electron chi connectivity index (χ4n) is 4.26. The molecule has 0 aromatic heterocycles. The SMILES string of the molecule is CC1CC(NC(CN2CCCC2=O)c2ccccc2)CCC1C(=O)O. The Morgan fingerprint density at radius 3 is 2.68 bits per heavy atom. The smallest absolute Gasteiger partial charge is 0.306 e. The highest BCUT2D eigenvalue weighted by atomic mass is 16.4. The predicted octanol–water partition coefficient (Wildman–Crippen LogP) is 2.83. The summed E-state index contributed by atoms with van der Waals surface area (Å²) in [5, 5.41) is 13.0. The van der Waals surface area contributed by atoms with Crippen molar-refractivity contribution >= 4 is 11.9 Å². The van der Waals surface area contributed by atoms with Gasteiger partial charge in [-0.2, -0.15) is 0 Å². The van der Waals surface area contributed by atoms with Crippen molar-refractivity contribution in [1.29, 1.82) is 0 Å². The molecule has 2 aliphatic rings. The van der Waals surface area contributed by atoms with E-state index in [1.54, 1.807) is 0 Å². The van der Waals surface area contributed by atoms with Gasteiger partial charge in [0.1, 0.15) is 0 Å². The minimum Gasteiger partial charge on any atom is -0.481 e. The van der Waals surface area contributed by atoms with E-state index in [0.29, 0.717) is 19.0 Å². The van der Waals surface area contributed by atoms with E-state index in [1.807, 2.05) is 30.0 Å². The van der Waals surface area contributed by atoms with E-state index in [2.05, 4.69) is 17.4 Å². The van der Waals surface area contributed by atoms with Crippen LogP contribution in [0.4, 0.5) is 0 Å². The molecule has 0 spiro atoms. The predicted molar refractivity (Wildman–Crippen MR) is 96.1 cm³/mol. The van der Waals surface area contributed by atoms with Crippen molar-refractivity contribution in [3.05, 3.63) is 35.9 Å². The van der Waals surface area contributed by atoms with Gasteiger partial charge in [0.2, 0.25) is 5.91 Å². The highest BCUT2D eigenvalue weighted by molar-refractivity contribution is 5.78. The van der Waals surface area contributed by atoms with Crippen LogP contribution in [0.1, 0.15) is 50.6 Å². The van der Waals surface area contributed by atoms with Crippen LogP contribution >= 0.6 is 0 Å². The van der Waals surface area contributed by atoms with Crippen LogP contribution in [0.2, 0.25) is 0 Å². The van der Waals surface area contributed by atoms with E-state index in [4.69, 9.17) is 0 Å². The van der Waals surface area contributed by atoms with Crippen LogP contribution in [0.3, 0.4) is 0 Å². The zero-order valence-electron chi connectivity index (χ0n) is 14.9. The second-order valence-corrected chi connectivity index (χ2v) is 7.51. The van der Waals surface area contributed by atoms with E-state index in [1.165, 1.54) is 5.56 Å². The summed E-state index contributed by atoms with van der Waals surface area (Å²) < 4.78 is 0. The Morgan fingerprint density at radius 2 is 2.08 bits per heavy atom. The Balaban J connectivity index is 1.68. The van der Waals surface area contributed by atoms with Gasteiger partial charge in [-0.3, -0.25) is 9.59 Å². The van der Waals surface area contributed by atoms with Crippen LogP contribution in [0, 0.1) is 11.8 Å². The molecule has 1 amide bonds. The number of nitrogens with zero attached hydrogens (tertiary/aromatic N) is 1. The number of aliphatic carboxylic acids is 1. The number of hydrogen-bond acceptors (Lipinski definition) is 3. The van der Waals surface area contributed by atoms with Gasteiger partial charge in [0.15, 0.2) is 0 Å². The number of carboxylic acids is 1. The lowest BCUT2D eigenvalue weighted by molar-refractivity contribution is -0.144. The first-order valence-electron chi connectivity index (χ1n) is 9.36. The quantitative estimate of drug-likeness (QED) is 0.832. The Labute approximate surface area is 149 Å². The summed E-state index contributed by atoms with van der Waals surface area (Å²) in [4.78, 5) is 25.3. The summed E-state index contributed by atoms with van der Waals surface area (Å²) in [5.74, 6) is -0.485. The maximum Gasteiger partial charge on any atom is 0.306 e.